The monoisotopic (exact) mass is 270 g/mol. The van der Waals surface area contributed by atoms with E-state index < -0.39 is 11.5 Å². The van der Waals surface area contributed by atoms with Crippen LogP contribution in [0.2, 0.25) is 0 Å². The topological polar surface area (TPSA) is 96.2 Å². The molecule has 20 heavy (non-hydrogen) atoms. The second-order valence-electron chi connectivity index (χ2n) is 6.07. The molecule has 0 aliphatic heterocycles. The summed E-state index contributed by atoms with van der Waals surface area (Å²) in [7, 11) is 0. The Morgan fingerprint density at radius 3 is 2.60 bits per heavy atom. The molecule has 1 aromatic carbocycles. The fourth-order valence-electron chi connectivity index (χ4n) is 3.70. The number of aromatic amines is 1. The summed E-state index contributed by atoms with van der Waals surface area (Å²) in [5, 5.41) is 9.64. The first kappa shape index (κ1) is 11.5. The highest BCUT2D eigenvalue weighted by molar-refractivity contribution is 6.03. The molecule has 3 aliphatic rings. The number of carboxylic acids is 1. The largest absolute Gasteiger partial charge is 0.477 e. The average Bonchev–Trinajstić information content (AvgIpc) is 2.23. The first-order valence-corrected chi connectivity index (χ1v) is 6.69. The smallest absolute Gasteiger partial charge is 0.343 e. The lowest BCUT2D eigenvalue weighted by Crippen LogP contribution is -2.55. The summed E-state index contributed by atoms with van der Waals surface area (Å²) in [4.78, 5) is 25.5. The number of hydrogen-bond acceptors (Lipinski definition) is 3. The first-order chi connectivity index (χ1) is 9.50. The van der Waals surface area contributed by atoms with Gasteiger partial charge in [-0.3, -0.25) is 4.79 Å². The number of rotatable bonds is 2. The summed E-state index contributed by atoms with van der Waals surface area (Å²) in [6.07, 6.45) is 3.68. The third-order valence-electron chi connectivity index (χ3n) is 4.92. The van der Waals surface area contributed by atoms with Crippen molar-refractivity contribution >= 4 is 22.6 Å². The van der Waals surface area contributed by atoms with Gasteiger partial charge in [-0.1, -0.05) is 12.1 Å². The van der Waals surface area contributed by atoms with Crippen LogP contribution in [0.5, 0.6) is 0 Å². The van der Waals surface area contributed by atoms with Crippen LogP contribution in [0.4, 0.5) is 5.69 Å². The minimum atomic E-state index is -1.30. The van der Waals surface area contributed by atoms with Gasteiger partial charge in [0.15, 0.2) is 0 Å². The van der Waals surface area contributed by atoms with Gasteiger partial charge >= 0.3 is 5.97 Å². The zero-order chi connectivity index (χ0) is 14.1. The number of carbonyl (C=O) groups is 1. The molecular formula is C15H14N2O3. The van der Waals surface area contributed by atoms with Crippen molar-refractivity contribution in [3.63, 3.8) is 0 Å². The van der Waals surface area contributed by atoms with Crippen LogP contribution in [0.3, 0.4) is 0 Å². The van der Waals surface area contributed by atoms with Crippen LogP contribution >= 0.6 is 0 Å². The number of fused-ring (bicyclic) bond motifs is 1. The maximum Gasteiger partial charge on any atom is 0.343 e. The Morgan fingerprint density at radius 2 is 2.05 bits per heavy atom. The van der Waals surface area contributed by atoms with Crippen LogP contribution in [0, 0.1) is 5.92 Å². The molecule has 3 aliphatic carbocycles. The summed E-state index contributed by atoms with van der Waals surface area (Å²) in [6.45, 7) is 0. The zero-order valence-corrected chi connectivity index (χ0v) is 10.8. The Hall–Kier alpha value is -2.30. The number of hydrogen-bond donors (Lipinski definition) is 3. The molecule has 0 spiro atoms. The van der Waals surface area contributed by atoms with E-state index in [1.54, 1.807) is 0 Å². The van der Waals surface area contributed by atoms with Crippen LogP contribution < -0.4 is 11.3 Å². The lowest BCUT2D eigenvalue weighted by molar-refractivity contribution is -0.0273. The maximum absolute atomic E-state index is 11.8. The van der Waals surface area contributed by atoms with E-state index in [9.17, 15) is 9.59 Å². The molecule has 3 fully saturated rings. The lowest BCUT2D eigenvalue weighted by atomic mass is 9.42. The van der Waals surface area contributed by atoms with Crippen molar-refractivity contribution in [3.05, 3.63) is 39.7 Å². The molecule has 2 bridgehead atoms. The molecule has 3 saturated carbocycles. The molecule has 0 unspecified atom stereocenters. The molecule has 5 nitrogen and oxygen atoms in total. The summed E-state index contributed by atoms with van der Waals surface area (Å²) >= 11 is 0. The highest BCUT2D eigenvalue weighted by atomic mass is 16.4. The predicted molar refractivity (Wildman–Crippen MR) is 75.0 cm³/mol. The highest BCUT2D eigenvalue weighted by Crippen LogP contribution is 2.65. The number of carboxylic acid groups (broad SMARTS) is 1. The quantitative estimate of drug-likeness (QED) is 0.776. The molecule has 0 amide bonds. The van der Waals surface area contributed by atoms with Crippen molar-refractivity contribution in [1.82, 2.24) is 4.98 Å². The SMILES string of the molecule is Nc1c(C(=O)O)c(=O)[nH]c2cc(C34CC(C3)C4)ccc12. The van der Waals surface area contributed by atoms with Gasteiger partial charge in [0.1, 0.15) is 5.56 Å². The molecule has 2 aromatic rings. The number of benzene rings is 1. The average molecular weight is 270 g/mol. The standard InChI is InChI=1S/C15H14N2O3/c16-12-9-2-1-8(15-4-7(5-15)6-15)3-10(9)17-13(18)11(12)14(19)20/h1-3,7H,4-6H2,(H,19,20)(H3,16,17,18). The van der Waals surface area contributed by atoms with E-state index in [-0.39, 0.29) is 11.3 Å². The van der Waals surface area contributed by atoms with Gasteiger partial charge in [-0.25, -0.2) is 4.79 Å². The van der Waals surface area contributed by atoms with E-state index in [0.717, 1.165) is 5.92 Å². The van der Waals surface area contributed by atoms with Crippen LogP contribution in [-0.4, -0.2) is 16.1 Å². The van der Waals surface area contributed by atoms with Gasteiger partial charge in [-0.15, -0.1) is 0 Å². The zero-order valence-electron chi connectivity index (χ0n) is 10.8. The van der Waals surface area contributed by atoms with Gasteiger partial charge in [0.25, 0.3) is 5.56 Å². The van der Waals surface area contributed by atoms with Crippen LogP contribution in [-0.2, 0) is 5.41 Å². The van der Waals surface area contributed by atoms with Crippen molar-refractivity contribution in [2.45, 2.75) is 24.7 Å². The Kier molecular flexibility index (Phi) is 1.97. The molecule has 0 radical (unpaired) electrons. The molecular weight excluding hydrogens is 256 g/mol. The molecule has 5 heteroatoms. The number of nitrogens with one attached hydrogen (secondary N) is 1. The summed E-state index contributed by atoms with van der Waals surface area (Å²) in [6, 6.07) is 5.79. The van der Waals surface area contributed by atoms with Crippen molar-refractivity contribution in [2.75, 3.05) is 5.73 Å². The van der Waals surface area contributed by atoms with E-state index in [2.05, 4.69) is 4.98 Å². The predicted octanol–water partition coefficient (Wildman–Crippen LogP) is 1.86. The highest BCUT2D eigenvalue weighted by Gasteiger charge is 2.57. The molecule has 4 N–H and O–H groups in total. The van der Waals surface area contributed by atoms with Gasteiger partial charge in [-0.2, -0.15) is 0 Å². The van der Waals surface area contributed by atoms with E-state index in [1.165, 1.54) is 24.8 Å². The Balaban J connectivity index is 1.94. The van der Waals surface area contributed by atoms with Crippen LogP contribution in [0.25, 0.3) is 10.9 Å². The van der Waals surface area contributed by atoms with E-state index in [1.807, 2.05) is 18.2 Å². The lowest BCUT2D eigenvalue weighted by Gasteiger charge is -2.62. The Bertz CT molecular complexity index is 805. The number of aromatic nitrogens is 1. The number of anilines is 1. The molecule has 102 valence electrons. The molecule has 1 heterocycles. The molecule has 5 rings (SSSR count). The van der Waals surface area contributed by atoms with Gasteiger partial charge in [0, 0.05) is 5.39 Å². The number of nitrogen functional groups attached to an aromatic ring is 1. The van der Waals surface area contributed by atoms with E-state index >= 15 is 0 Å². The number of H-pyrrole nitrogens is 1. The fourth-order valence-corrected chi connectivity index (χ4v) is 3.70. The second-order valence-corrected chi connectivity index (χ2v) is 6.07. The van der Waals surface area contributed by atoms with Crippen molar-refractivity contribution in [3.8, 4) is 0 Å². The minimum Gasteiger partial charge on any atom is -0.477 e. The normalized spacial score (nSPS) is 26.9. The Labute approximate surface area is 114 Å². The van der Waals surface area contributed by atoms with E-state index in [4.69, 9.17) is 10.8 Å². The molecule has 1 aromatic heterocycles. The van der Waals surface area contributed by atoms with Gasteiger partial charge in [0.2, 0.25) is 0 Å². The van der Waals surface area contributed by atoms with Gasteiger partial charge in [0.05, 0.1) is 11.2 Å². The van der Waals surface area contributed by atoms with Gasteiger partial charge in [-0.05, 0) is 42.2 Å². The number of pyridine rings is 1. The van der Waals surface area contributed by atoms with Crippen LogP contribution in [0.1, 0.15) is 35.2 Å². The third kappa shape index (κ3) is 1.27. The van der Waals surface area contributed by atoms with E-state index in [0.29, 0.717) is 16.3 Å². The van der Waals surface area contributed by atoms with Crippen molar-refractivity contribution in [1.29, 1.82) is 0 Å². The summed E-state index contributed by atoms with van der Waals surface area (Å²) in [5.41, 5.74) is 7.01. The maximum atomic E-state index is 11.8. The third-order valence-corrected chi connectivity index (χ3v) is 4.92. The fraction of sp³-hybridized carbons (Fsp3) is 0.333. The van der Waals surface area contributed by atoms with Crippen LogP contribution in [0.15, 0.2) is 23.0 Å². The first-order valence-electron chi connectivity index (χ1n) is 6.69. The Morgan fingerprint density at radius 1 is 1.35 bits per heavy atom. The van der Waals surface area contributed by atoms with Gasteiger partial charge < -0.3 is 15.8 Å². The summed E-state index contributed by atoms with van der Waals surface area (Å²) in [5.74, 6) is -0.418. The number of aromatic carboxylic acids is 1. The van der Waals surface area contributed by atoms with Crippen molar-refractivity contribution < 1.29 is 9.90 Å². The summed E-state index contributed by atoms with van der Waals surface area (Å²) < 4.78 is 0. The molecule has 0 atom stereocenters. The van der Waals surface area contributed by atoms with Crippen molar-refractivity contribution in [2.24, 2.45) is 5.92 Å². The molecule has 0 saturated heterocycles. The number of nitrogens with two attached hydrogens (primary N) is 1. The minimum absolute atomic E-state index is 0.0420. The second kappa shape index (κ2) is 3.42.